The molecular weight excluding hydrogens is 477 g/mol. The molecule has 0 radical (unpaired) electrons. The molecule has 0 N–H and O–H groups in total. The van der Waals surface area contributed by atoms with Crippen LogP contribution in [0.15, 0.2) is 88.9 Å². The third-order valence-electron chi connectivity index (χ3n) is 4.30. The third-order valence-corrected chi connectivity index (χ3v) is 7.06. The average molecular weight is 495 g/mol. The lowest BCUT2D eigenvalue weighted by Crippen LogP contribution is -2.21. The maximum absolute atomic E-state index is 13.1. The van der Waals surface area contributed by atoms with Crippen molar-refractivity contribution in [2.75, 3.05) is 0 Å². The zero-order valence-corrected chi connectivity index (χ0v) is 19.2. The SMILES string of the molecule is O=S(=O)(c1ccc(Cl)cc1)[C@@H](/C=C/c1ccccc1)/C=N/OCc1ccc(Cl)cc1Cl. The van der Waals surface area contributed by atoms with Gasteiger partial charge in [-0.05, 0) is 42.0 Å². The Balaban J connectivity index is 1.82. The Bertz CT molecular complexity index is 1180. The number of hydrogen-bond donors (Lipinski definition) is 0. The molecule has 0 aromatic heterocycles. The fraction of sp³-hybridized carbons (Fsp3) is 0.0870. The van der Waals surface area contributed by atoms with E-state index in [1.165, 1.54) is 30.5 Å². The number of nitrogens with zero attached hydrogens (tertiary/aromatic N) is 1. The first-order chi connectivity index (χ1) is 14.9. The molecule has 1 atom stereocenters. The summed E-state index contributed by atoms with van der Waals surface area (Å²) in [5.74, 6) is 0. The predicted octanol–water partition coefficient (Wildman–Crippen LogP) is 6.71. The minimum atomic E-state index is -3.77. The number of oxime groups is 1. The molecule has 0 heterocycles. The Morgan fingerprint density at radius 3 is 2.26 bits per heavy atom. The van der Waals surface area contributed by atoms with Gasteiger partial charge in [-0.15, -0.1) is 0 Å². The van der Waals surface area contributed by atoms with Crippen LogP contribution in [-0.4, -0.2) is 19.9 Å². The molecule has 0 saturated carbocycles. The van der Waals surface area contributed by atoms with Crippen LogP contribution >= 0.6 is 34.8 Å². The van der Waals surface area contributed by atoms with Crippen LogP contribution in [0.2, 0.25) is 15.1 Å². The van der Waals surface area contributed by atoms with Crippen molar-refractivity contribution in [3.63, 3.8) is 0 Å². The summed E-state index contributed by atoms with van der Waals surface area (Å²) >= 11 is 17.9. The van der Waals surface area contributed by atoms with Crippen molar-refractivity contribution in [2.24, 2.45) is 5.16 Å². The standard InChI is InChI=1S/C23H18Cl3NO3S/c24-19-9-12-21(13-10-19)31(28,29)22(11-6-17-4-2-1-3-5-17)15-27-30-16-18-7-8-20(25)14-23(18)26/h1-15,22H,16H2/b11-6+,27-15+/t22-/m0/s1. The first kappa shape index (κ1) is 23.4. The van der Waals surface area contributed by atoms with E-state index in [0.717, 1.165) is 5.56 Å². The van der Waals surface area contributed by atoms with E-state index < -0.39 is 15.1 Å². The average Bonchev–Trinajstić information content (AvgIpc) is 2.75. The van der Waals surface area contributed by atoms with Crippen LogP contribution < -0.4 is 0 Å². The predicted molar refractivity (Wildman–Crippen MR) is 128 cm³/mol. The zero-order valence-electron chi connectivity index (χ0n) is 16.2. The van der Waals surface area contributed by atoms with Crippen molar-refractivity contribution in [1.82, 2.24) is 0 Å². The number of hydrogen-bond acceptors (Lipinski definition) is 4. The van der Waals surface area contributed by atoms with Crippen LogP contribution in [0.5, 0.6) is 0 Å². The Labute approximate surface area is 196 Å². The van der Waals surface area contributed by atoms with Crippen LogP contribution in [0, 0.1) is 0 Å². The molecular formula is C23H18Cl3NO3S. The highest BCUT2D eigenvalue weighted by molar-refractivity contribution is 7.93. The summed E-state index contributed by atoms with van der Waals surface area (Å²) in [7, 11) is -3.77. The molecule has 0 spiro atoms. The van der Waals surface area contributed by atoms with Crippen LogP contribution in [0.25, 0.3) is 6.08 Å². The molecule has 3 aromatic carbocycles. The first-order valence-corrected chi connectivity index (χ1v) is 11.9. The van der Waals surface area contributed by atoms with Gasteiger partial charge in [-0.3, -0.25) is 0 Å². The molecule has 8 heteroatoms. The summed E-state index contributed by atoms with van der Waals surface area (Å²) in [5.41, 5.74) is 1.54. The fourth-order valence-corrected chi connectivity index (χ4v) is 4.55. The van der Waals surface area contributed by atoms with Crippen molar-refractivity contribution in [2.45, 2.75) is 16.8 Å². The minimum Gasteiger partial charge on any atom is -0.391 e. The maximum Gasteiger partial charge on any atom is 0.190 e. The number of rotatable bonds is 8. The minimum absolute atomic E-state index is 0.0720. The lowest BCUT2D eigenvalue weighted by atomic mass is 10.2. The Kier molecular flexibility index (Phi) is 8.15. The molecule has 3 aromatic rings. The van der Waals surface area contributed by atoms with Gasteiger partial charge < -0.3 is 4.84 Å². The van der Waals surface area contributed by atoms with E-state index in [4.69, 9.17) is 39.6 Å². The monoisotopic (exact) mass is 493 g/mol. The summed E-state index contributed by atoms with van der Waals surface area (Å²) < 4.78 is 26.3. The second-order valence-electron chi connectivity index (χ2n) is 6.50. The highest BCUT2D eigenvalue weighted by Gasteiger charge is 2.24. The summed E-state index contributed by atoms with van der Waals surface area (Å²) in [6.07, 6.45) is 4.52. The summed E-state index contributed by atoms with van der Waals surface area (Å²) in [6, 6.07) is 20.4. The van der Waals surface area contributed by atoms with E-state index in [2.05, 4.69) is 5.16 Å². The quantitative estimate of drug-likeness (QED) is 0.258. The van der Waals surface area contributed by atoms with Gasteiger partial charge in [-0.2, -0.15) is 0 Å². The van der Waals surface area contributed by atoms with E-state index >= 15 is 0 Å². The molecule has 31 heavy (non-hydrogen) atoms. The molecule has 160 valence electrons. The van der Waals surface area contributed by atoms with E-state index in [9.17, 15) is 8.42 Å². The molecule has 0 aliphatic rings. The van der Waals surface area contributed by atoms with Gasteiger partial charge in [0, 0.05) is 20.6 Å². The van der Waals surface area contributed by atoms with Gasteiger partial charge in [0.2, 0.25) is 0 Å². The molecule has 0 aliphatic heterocycles. The molecule has 0 saturated heterocycles. The number of sulfone groups is 1. The Hall–Kier alpha value is -2.31. The molecule has 3 rings (SSSR count). The van der Waals surface area contributed by atoms with Crippen molar-refractivity contribution >= 4 is 56.9 Å². The largest absolute Gasteiger partial charge is 0.391 e. The van der Waals surface area contributed by atoms with Crippen molar-refractivity contribution in [1.29, 1.82) is 0 Å². The van der Waals surface area contributed by atoms with E-state index in [-0.39, 0.29) is 11.5 Å². The van der Waals surface area contributed by atoms with Gasteiger partial charge >= 0.3 is 0 Å². The third kappa shape index (κ3) is 6.58. The second kappa shape index (κ2) is 10.8. The molecule has 0 unspecified atom stereocenters. The van der Waals surface area contributed by atoms with Gasteiger partial charge in [0.25, 0.3) is 0 Å². The van der Waals surface area contributed by atoms with Crippen LogP contribution in [-0.2, 0) is 21.3 Å². The molecule has 0 fully saturated rings. The first-order valence-electron chi connectivity index (χ1n) is 9.18. The fourth-order valence-electron chi connectivity index (χ4n) is 2.63. The topological polar surface area (TPSA) is 55.7 Å². The van der Waals surface area contributed by atoms with Crippen LogP contribution in [0.3, 0.4) is 0 Å². The van der Waals surface area contributed by atoms with Crippen molar-refractivity contribution in [3.8, 4) is 0 Å². The van der Waals surface area contributed by atoms with Gasteiger partial charge in [0.1, 0.15) is 11.9 Å². The lowest BCUT2D eigenvalue weighted by molar-refractivity contribution is 0.131. The van der Waals surface area contributed by atoms with Crippen molar-refractivity contribution in [3.05, 3.63) is 105 Å². The smallest absolute Gasteiger partial charge is 0.190 e. The number of halogens is 3. The zero-order chi connectivity index (χ0) is 22.3. The lowest BCUT2D eigenvalue weighted by Gasteiger charge is -2.10. The summed E-state index contributed by atoms with van der Waals surface area (Å²) in [5, 5.41) is 4.24. The van der Waals surface area contributed by atoms with Crippen molar-refractivity contribution < 1.29 is 13.3 Å². The molecule has 0 aliphatic carbocycles. The van der Waals surface area contributed by atoms with Crippen LogP contribution in [0.4, 0.5) is 0 Å². The normalized spacial score (nSPS) is 13.0. The summed E-state index contributed by atoms with van der Waals surface area (Å²) in [6.45, 7) is 0.0720. The summed E-state index contributed by atoms with van der Waals surface area (Å²) in [4.78, 5) is 5.43. The molecule has 0 bridgehead atoms. The molecule has 0 amide bonds. The van der Waals surface area contributed by atoms with E-state index in [0.29, 0.717) is 20.6 Å². The van der Waals surface area contributed by atoms with Gasteiger partial charge in [-0.1, -0.05) is 88.5 Å². The number of benzene rings is 3. The highest BCUT2D eigenvalue weighted by Crippen LogP contribution is 2.22. The van der Waals surface area contributed by atoms with Crippen LogP contribution in [0.1, 0.15) is 11.1 Å². The van der Waals surface area contributed by atoms with E-state index in [1.807, 2.05) is 30.3 Å². The second-order valence-corrected chi connectivity index (χ2v) is 9.88. The Morgan fingerprint density at radius 1 is 0.903 bits per heavy atom. The van der Waals surface area contributed by atoms with E-state index in [1.54, 1.807) is 30.4 Å². The van der Waals surface area contributed by atoms with Gasteiger partial charge in [0.05, 0.1) is 11.1 Å². The highest BCUT2D eigenvalue weighted by atomic mass is 35.5. The maximum atomic E-state index is 13.1. The molecule has 4 nitrogen and oxygen atoms in total. The van der Waals surface area contributed by atoms with Gasteiger partial charge in [0.15, 0.2) is 9.84 Å². The van der Waals surface area contributed by atoms with Gasteiger partial charge in [-0.25, -0.2) is 8.42 Å². The Morgan fingerprint density at radius 2 is 1.58 bits per heavy atom.